The van der Waals surface area contributed by atoms with E-state index in [4.69, 9.17) is 21.4 Å². The van der Waals surface area contributed by atoms with E-state index >= 15 is 0 Å². The molecule has 1 heterocycles. The maximum absolute atomic E-state index is 12.5. The highest BCUT2D eigenvalue weighted by Crippen LogP contribution is 2.44. The van der Waals surface area contributed by atoms with Crippen molar-refractivity contribution in [1.82, 2.24) is 14.5 Å². The fourth-order valence-corrected chi connectivity index (χ4v) is 4.47. The maximum Gasteiger partial charge on any atom is 0.240 e. The van der Waals surface area contributed by atoms with Gasteiger partial charge in [-0.3, -0.25) is 4.68 Å². The van der Waals surface area contributed by atoms with Gasteiger partial charge in [-0.2, -0.15) is 5.10 Å². The van der Waals surface area contributed by atoms with Gasteiger partial charge in [0.1, 0.15) is 5.75 Å². The van der Waals surface area contributed by atoms with Gasteiger partial charge in [0, 0.05) is 24.1 Å². The van der Waals surface area contributed by atoms with Crippen molar-refractivity contribution in [1.29, 1.82) is 0 Å². The smallest absolute Gasteiger partial charge is 0.240 e. The molecular weight excluding hydrogens is 374 g/mol. The van der Waals surface area contributed by atoms with Crippen LogP contribution in [-0.4, -0.2) is 31.9 Å². The standard InChI is InChI=1S/C18H22ClN3O3S/c1-25-18-7-6-14(10-15(18)19)26(23,24)20-8-9-22-17(13-4-5-13)11-16(21-22)12-2-3-12/h6-7,10-13,20H,2-5,8-9H2,1H3. The van der Waals surface area contributed by atoms with Gasteiger partial charge in [0.2, 0.25) is 10.0 Å². The summed E-state index contributed by atoms with van der Waals surface area (Å²) in [6.45, 7) is 0.819. The molecule has 0 radical (unpaired) electrons. The van der Waals surface area contributed by atoms with Crippen LogP contribution in [0.3, 0.4) is 0 Å². The molecule has 2 saturated carbocycles. The minimum atomic E-state index is -3.62. The van der Waals surface area contributed by atoms with Gasteiger partial charge in [-0.15, -0.1) is 0 Å². The Bertz CT molecular complexity index is 918. The van der Waals surface area contributed by atoms with Crippen LogP contribution in [-0.2, 0) is 16.6 Å². The lowest BCUT2D eigenvalue weighted by Gasteiger charge is -2.10. The largest absolute Gasteiger partial charge is 0.495 e. The molecule has 0 atom stereocenters. The van der Waals surface area contributed by atoms with E-state index in [2.05, 4.69) is 10.8 Å². The molecule has 1 aromatic heterocycles. The van der Waals surface area contributed by atoms with Gasteiger partial charge in [0.15, 0.2) is 0 Å². The zero-order valence-electron chi connectivity index (χ0n) is 14.6. The van der Waals surface area contributed by atoms with Crippen LogP contribution in [0.25, 0.3) is 0 Å². The normalized spacial score (nSPS) is 17.5. The van der Waals surface area contributed by atoms with Crippen LogP contribution in [0.5, 0.6) is 5.75 Å². The van der Waals surface area contributed by atoms with Crippen LogP contribution >= 0.6 is 11.6 Å². The summed E-state index contributed by atoms with van der Waals surface area (Å²) in [6.07, 6.45) is 4.83. The number of rotatable bonds is 8. The molecule has 2 fully saturated rings. The molecule has 26 heavy (non-hydrogen) atoms. The molecule has 8 heteroatoms. The Labute approximate surface area is 158 Å². The molecule has 2 aromatic rings. The minimum Gasteiger partial charge on any atom is -0.495 e. The average molecular weight is 396 g/mol. The summed E-state index contributed by atoms with van der Waals surface area (Å²) in [4.78, 5) is 0.129. The number of hydrogen-bond acceptors (Lipinski definition) is 4. The second kappa shape index (κ2) is 6.87. The Morgan fingerprint density at radius 2 is 1.96 bits per heavy atom. The highest BCUT2D eigenvalue weighted by molar-refractivity contribution is 7.89. The molecule has 140 valence electrons. The molecule has 0 amide bonds. The topological polar surface area (TPSA) is 73.2 Å². The number of halogens is 1. The lowest BCUT2D eigenvalue weighted by molar-refractivity contribution is 0.414. The van der Waals surface area contributed by atoms with Crippen molar-refractivity contribution in [3.8, 4) is 5.75 Å². The number of nitrogens with one attached hydrogen (secondary N) is 1. The summed E-state index contributed by atoms with van der Waals surface area (Å²) in [7, 11) is -2.13. The van der Waals surface area contributed by atoms with Gasteiger partial charge >= 0.3 is 0 Å². The van der Waals surface area contributed by atoms with Crippen LogP contribution in [0.2, 0.25) is 5.02 Å². The van der Waals surface area contributed by atoms with Crippen LogP contribution in [0.1, 0.15) is 48.9 Å². The summed E-state index contributed by atoms with van der Waals surface area (Å²) < 4.78 is 34.7. The van der Waals surface area contributed by atoms with Gasteiger partial charge in [-0.1, -0.05) is 11.6 Å². The van der Waals surface area contributed by atoms with Crippen LogP contribution < -0.4 is 9.46 Å². The SMILES string of the molecule is COc1ccc(S(=O)(=O)NCCn2nc(C3CC3)cc2C2CC2)cc1Cl. The van der Waals surface area contributed by atoms with E-state index in [0.29, 0.717) is 24.1 Å². The number of sulfonamides is 1. The highest BCUT2D eigenvalue weighted by Gasteiger charge is 2.32. The second-order valence-electron chi connectivity index (χ2n) is 6.96. The fraction of sp³-hybridized carbons (Fsp3) is 0.500. The molecule has 2 aliphatic rings. The summed E-state index contributed by atoms with van der Waals surface area (Å²) in [6, 6.07) is 6.66. The number of nitrogens with zero attached hydrogens (tertiary/aromatic N) is 2. The Kier molecular flexibility index (Phi) is 4.71. The van der Waals surface area contributed by atoms with E-state index in [1.165, 1.54) is 50.6 Å². The van der Waals surface area contributed by atoms with Crippen molar-refractivity contribution < 1.29 is 13.2 Å². The Morgan fingerprint density at radius 1 is 1.23 bits per heavy atom. The van der Waals surface area contributed by atoms with Crippen molar-refractivity contribution in [2.45, 2.75) is 49.0 Å². The first kappa shape index (κ1) is 17.8. The quantitative estimate of drug-likeness (QED) is 0.744. The lowest BCUT2D eigenvalue weighted by Crippen LogP contribution is -2.28. The Hall–Kier alpha value is -1.57. The Balaban J connectivity index is 1.43. The molecule has 1 N–H and O–H groups in total. The van der Waals surface area contributed by atoms with Gasteiger partial charge in [0.05, 0.1) is 29.3 Å². The van der Waals surface area contributed by atoms with E-state index in [1.54, 1.807) is 6.07 Å². The van der Waals surface area contributed by atoms with E-state index < -0.39 is 10.0 Å². The van der Waals surface area contributed by atoms with E-state index in [9.17, 15) is 8.42 Å². The number of methoxy groups -OCH3 is 1. The minimum absolute atomic E-state index is 0.129. The first-order valence-corrected chi connectivity index (χ1v) is 10.7. The third-order valence-electron chi connectivity index (χ3n) is 4.87. The molecule has 0 aliphatic heterocycles. The van der Waals surface area contributed by atoms with Gasteiger partial charge in [0.25, 0.3) is 0 Å². The summed E-state index contributed by atoms with van der Waals surface area (Å²) in [5, 5.41) is 4.98. The predicted octanol–water partition coefficient (Wildman–Crippen LogP) is 3.28. The zero-order chi connectivity index (χ0) is 18.3. The van der Waals surface area contributed by atoms with E-state index in [1.807, 2.05) is 4.68 Å². The highest BCUT2D eigenvalue weighted by atomic mass is 35.5. The molecule has 0 bridgehead atoms. The first-order chi connectivity index (χ1) is 12.5. The molecule has 0 saturated heterocycles. The summed E-state index contributed by atoms with van der Waals surface area (Å²) >= 11 is 6.04. The molecule has 0 unspecified atom stereocenters. The van der Waals surface area contributed by atoms with Crippen LogP contribution in [0.4, 0.5) is 0 Å². The third kappa shape index (κ3) is 3.75. The average Bonchev–Trinajstić information content (AvgIpc) is 3.53. The molecule has 6 nitrogen and oxygen atoms in total. The number of aromatic nitrogens is 2. The van der Waals surface area contributed by atoms with Crippen molar-refractivity contribution in [3.63, 3.8) is 0 Å². The van der Waals surface area contributed by atoms with E-state index in [0.717, 1.165) is 5.69 Å². The van der Waals surface area contributed by atoms with E-state index in [-0.39, 0.29) is 16.5 Å². The predicted molar refractivity (Wildman–Crippen MR) is 99.4 cm³/mol. The van der Waals surface area contributed by atoms with Crippen molar-refractivity contribution in [2.75, 3.05) is 13.7 Å². The van der Waals surface area contributed by atoms with Crippen molar-refractivity contribution in [2.24, 2.45) is 0 Å². The first-order valence-electron chi connectivity index (χ1n) is 8.89. The van der Waals surface area contributed by atoms with Gasteiger partial charge in [-0.25, -0.2) is 13.1 Å². The zero-order valence-corrected chi connectivity index (χ0v) is 16.2. The molecule has 0 spiro atoms. The number of hydrogen-bond donors (Lipinski definition) is 1. The fourth-order valence-electron chi connectivity index (χ4n) is 3.10. The maximum atomic E-state index is 12.5. The number of ether oxygens (including phenoxy) is 1. The lowest BCUT2D eigenvalue weighted by atomic mass is 10.2. The Morgan fingerprint density at radius 3 is 2.58 bits per heavy atom. The third-order valence-corrected chi connectivity index (χ3v) is 6.62. The number of benzene rings is 1. The summed E-state index contributed by atoms with van der Waals surface area (Å²) in [5.74, 6) is 1.64. The van der Waals surface area contributed by atoms with Gasteiger partial charge in [-0.05, 0) is 49.9 Å². The van der Waals surface area contributed by atoms with Gasteiger partial charge < -0.3 is 4.74 Å². The molecule has 4 rings (SSSR count). The van der Waals surface area contributed by atoms with Crippen molar-refractivity contribution in [3.05, 3.63) is 40.7 Å². The molecule has 2 aliphatic carbocycles. The second-order valence-corrected chi connectivity index (χ2v) is 9.13. The molecular formula is C18H22ClN3O3S. The summed E-state index contributed by atoms with van der Waals surface area (Å²) in [5.41, 5.74) is 2.41. The van der Waals surface area contributed by atoms with Crippen molar-refractivity contribution >= 4 is 21.6 Å². The molecule has 1 aromatic carbocycles. The van der Waals surface area contributed by atoms with Crippen LogP contribution in [0.15, 0.2) is 29.2 Å². The van der Waals surface area contributed by atoms with Crippen LogP contribution in [0, 0.1) is 0 Å². The monoisotopic (exact) mass is 395 g/mol.